The maximum absolute atomic E-state index is 13.7. The van der Waals surface area contributed by atoms with Crippen molar-refractivity contribution >= 4 is 11.6 Å². The summed E-state index contributed by atoms with van der Waals surface area (Å²) in [5.74, 6) is -2.71. The predicted molar refractivity (Wildman–Crippen MR) is 86.3 cm³/mol. The number of benzene rings is 2. The zero-order valence-electron chi connectivity index (χ0n) is 13.6. The van der Waals surface area contributed by atoms with Crippen LogP contribution in [0.1, 0.15) is 21.8 Å². The van der Waals surface area contributed by atoms with Crippen LogP contribution >= 0.6 is 0 Å². The molecule has 1 amide bonds. The van der Waals surface area contributed by atoms with Gasteiger partial charge in [-0.2, -0.15) is 0 Å². The number of halogens is 3. The molecule has 0 aliphatic carbocycles. The number of nitrogens with one attached hydrogen (secondary N) is 1. The number of carbonyl (C=O) groups is 1. The highest BCUT2D eigenvalue weighted by atomic mass is 19.1. The van der Waals surface area contributed by atoms with Crippen LogP contribution < -0.4 is 10.1 Å². The molecule has 8 heteroatoms. The van der Waals surface area contributed by atoms with Gasteiger partial charge in [-0.3, -0.25) is 4.79 Å². The molecule has 0 saturated heterocycles. The summed E-state index contributed by atoms with van der Waals surface area (Å²) in [5.41, 5.74) is -0.0612. The fourth-order valence-corrected chi connectivity index (χ4v) is 2.22. The molecule has 134 valence electrons. The van der Waals surface area contributed by atoms with Crippen LogP contribution in [-0.4, -0.2) is 11.1 Å². The van der Waals surface area contributed by atoms with Gasteiger partial charge in [0.25, 0.3) is 5.91 Å². The van der Waals surface area contributed by atoms with Crippen LogP contribution in [0.3, 0.4) is 0 Å². The number of carbonyl (C=O) groups excluding carboxylic acids is 1. The molecule has 0 bridgehead atoms. The van der Waals surface area contributed by atoms with Gasteiger partial charge >= 0.3 is 0 Å². The van der Waals surface area contributed by atoms with E-state index in [1.165, 1.54) is 18.2 Å². The Morgan fingerprint density at radius 3 is 2.65 bits per heavy atom. The van der Waals surface area contributed by atoms with Crippen LogP contribution in [0.25, 0.3) is 0 Å². The van der Waals surface area contributed by atoms with E-state index in [4.69, 9.17) is 9.26 Å². The fraction of sp³-hybridized carbons (Fsp3) is 0.111. The molecular weight excluding hydrogens is 349 g/mol. The van der Waals surface area contributed by atoms with Crippen molar-refractivity contribution in [2.45, 2.75) is 13.5 Å². The third-order valence-electron chi connectivity index (χ3n) is 3.59. The standard InChI is InChI=1S/C18H13F3N2O3/c1-10-12(9-25-16-5-3-2-4-13(16)20)17(23-26-10)18(24)22-15-7-6-11(19)8-14(15)21/h2-8H,9H2,1H3,(H,22,24). The highest BCUT2D eigenvalue weighted by Crippen LogP contribution is 2.22. The largest absolute Gasteiger partial charge is 0.486 e. The molecule has 0 aliphatic heterocycles. The van der Waals surface area contributed by atoms with Crippen molar-refractivity contribution < 1.29 is 27.2 Å². The van der Waals surface area contributed by atoms with E-state index in [1.54, 1.807) is 13.0 Å². The van der Waals surface area contributed by atoms with Crippen molar-refractivity contribution in [2.75, 3.05) is 5.32 Å². The minimum atomic E-state index is -0.928. The lowest BCUT2D eigenvalue weighted by Gasteiger charge is -2.08. The molecule has 0 spiro atoms. The zero-order chi connectivity index (χ0) is 18.7. The lowest BCUT2D eigenvalue weighted by Crippen LogP contribution is -2.16. The molecule has 0 aliphatic rings. The van der Waals surface area contributed by atoms with Gasteiger partial charge in [0.1, 0.15) is 24.0 Å². The maximum Gasteiger partial charge on any atom is 0.278 e. The van der Waals surface area contributed by atoms with E-state index in [0.717, 1.165) is 12.1 Å². The Balaban J connectivity index is 1.78. The zero-order valence-corrected chi connectivity index (χ0v) is 13.6. The molecule has 5 nitrogen and oxygen atoms in total. The van der Waals surface area contributed by atoms with Gasteiger partial charge in [0.2, 0.25) is 0 Å². The van der Waals surface area contributed by atoms with E-state index < -0.39 is 23.4 Å². The number of nitrogens with zero attached hydrogens (tertiary/aromatic N) is 1. The monoisotopic (exact) mass is 362 g/mol. The van der Waals surface area contributed by atoms with Crippen LogP contribution in [0, 0.1) is 24.4 Å². The summed E-state index contributed by atoms with van der Waals surface area (Å²) in [5, 5.41) is 5.92. The normalized spacial score (nSPS) is 10.6. The average Bonchev–Trinajstić information content (AvgIpc) is 2.97. The maximum atomic E-state index is 13.7. The summed E-state index contributed by atoms with van der Waals surface area (Å²) >= 11 is 0. The van der Waals surface area contributed by atoms with Gasteiger partial charge in [0.15, 0.2) is 17.3 Å². The Morgan fingerprint density at radius 1 is 1.15 bits per heavy atom. The highest BCUT2D eigenvalue weighted by molar-refractivity contribution is 6.03. The van der Waals surface area contributed by atoms with Crippen molar-refractivity contribution in [2.24, 2.45) is 0 Å². The summed E-state index contributed by atoms with van der Waals surface area (Å²) in [4.78, 5) is 12.3. The Labute approximate surface area is 146 Å². The predicted octanol–water partition coefficient (Wildman–Crippen LogP) is 4.23. The summed E-state index contributed by atoms with van der Waals surface area (Å²) in [7, 11) is 0. The average molecular weight is 362 g/mol. The summed E-state index contributed by atoms with van der Waals surface area (Å²) in [6.45, 7) is 1.38. The minimum absolute atomic E-state index is 0.00374. The van der Waals surface area contributed by atoms with Gasteiger partial charge in [-0.25, -0.2) is 13.2 Å². The van der Waals surface area contributed by atoms with Gasteiger partial charge < -0.3 is 14.6 Å². The first-order valence-corrected chi connectivity index (χ1v) is 7.54. The van der Waals surface area contributed by atoms with Crippen LogP contribution in [0.5, 0.6) is 5.75 Å². The minimum Gasteiger partial charge on any atom is -0.486 e. The third kappa shape index (κ3) is 3.69. The van der Waals surface area contributed by atoms with Gasteiger partial charge in [0, 0.05) is 6.07 Å². The van der Waals surface area contributed by atoms with E-state index >= 15 is 0 Å². The Hall–Kier alpha value is -3.29. The lowest BCUT2D eigenvalue weighted by molar-refractivity contribution is 0.101. The van der Waals surface area contributed by atoms with E-state index in [2.05, 4.69) is 10.5 Å². The van der Waals surface area contributed by atoms with Gasteiger partial charge in [-0.05, 0) is 31.2 Å². The molecule has 0 fully saturated rings. The van der Waals surface area contributed by atoms with Crippen LogP contribution in [0.15, 0.2) is 47.0 Å². The topological polar surface area (TPSA) is 64.4 Å². The molecule has 0 radical (unpaired) electrons. The quantitative estimate of drug-likeness (QED) is 0.738. The number of hydrogen-bond donors (Lipinski definition) is 1. The van der Waals surface area contributed by atoms with Crippen LogP contribution in [-0.2, 0) is 6.61 Å². The second-order valence-corrected chi connectivity index (χ2v) is 5.36. The molecule has 0 unspecified atom stereocenters. The lowest BCUT2D eigenvalue weighted by atomic mass is 10.2. The first-order valence-electron chi connectivity index (χ1n) is 7.54. The Morgan fingerprint density at radius 2 is 1.92 bits per heavy atom. The first kappa shape index (κ1) is 17.5. The number of aromatic nitrogens is 1. The van der Waals surface area contributed by atoms with Crippen molar-refractivity contribution in [3.8, 4) is 5.75 Å². The summed E-state index contributed by atoms with van der Waals surface area (Å²) in [6, 6.07) is 8.53. The van der Waals surface area contributed by atoms with Crippen molar-refractivity contribution in [3.63, 3.8) is 0 Å². The highest BCUT2D eigenvalue weighted by Gasteiger charge is 2.22. The number of aryl methyl sites for hydroxylation is 1. The molecule has 0 saturated carbocycles. The smallest absolute Gasteiger partial charge is 0.278 e. The molecular formula is C18H13F3N2O3. The van der Waals surface area contributed by atoms with Gasteiger partial charge in [0.05, 0.1) is 11.3 Å². The molecule has 1 aromatic heterocycles. The Bertz CT molecular complexity index is 957. The number of hydrogen-bond acceptors (Lipinski definition) is 4. The molecule has 26 heavy (non-hydrogen) atoms. The molecule has 3 aromatic rings. The van der Waals surface area contributed by atoms with Gasteiger partial charge in [-0.15, -0.1) is 0 Å². The van der Waals surface area contributed by atoms with E-state index in [0.29, 0.717) is 11.8 Å². The summed E-state index contributed by atoms with van der Waals surface area (Å²) < 4.78 is 50.6. The van der Waals surface area contributed by atoms with E-state index in [1.807, 2.05) is 0 Å². The SMILES string of the molecule is Cc1onc(C(=O)Nc2ccc(F)cc2F)c1COc1ccccc1F. The van der Waals surface area contributed by atoms with Crippen molar-refractivity contribution in [3.05, 3.63) is 76.9 Å². The van der Waals surface area contributed by atoms with Crippen molar-refractivity contribution in [1.29, 1.82) is 0 Å². The van der Waals surface area contributed by atoms with Crippen molar-refractivity contribution in [1.82, 2.24) is 5.16 Å². The fourth-order valence-electron chi connectivity index (χ4n) is 2.22. The number of ether oxygens (including phenoxy) is 1. The van der Waals surface area contributed by atoms with Crippen LogP contribution in [0.2, 0.25) is 0 Å². The molecule has 0 atom stereocenters. The molecule has 2 aromatic carbocycles. The summed E-state index contributed by atoms with van der Waals surface area (Å²) in [6.07, 6.45) is 0. The number of para-hydroxylation sites is 1. The Kier molecular flexibility index (Phi) is 4.92. The van der Waals surface area contributed by atoms with Gasteiger partial charge in [-0.1, -0.05) is 17.3 Å². The second kappa shape index (κ2) is 7.30. The molecule has 1 heterocycles. The number of rotatable bonds is 5. The number of anilines is 1. The number of amides is 1. The molecule has 1 N–H and O–H groups in total. The molecule has 3 rings (SSSR count). The second-order valence-electron chi connectivity index (χ2n) is 5.36. The van der Waals surface area contributed by atoms with E-state index in [-0.39, 0.29) is 29.3 Å². The first-order chi connectivity index (χ1) is 12.5. The third-order valence-corrected chi connectivity index (χ3v) is 3.59. The van der Waals surface area contributed by atoms with Crippen LogP contribution in [0.4, 0.5) is 18.9 Å². The van der Waals surface area contributed by atoms with E-state index in [9.17, 15) is 18.0 Å².